The average molecular weight is 230 g/mol. The minimum absolute atomic E-state index is 0.444. The van der Waals surface area contributed by atoms with Crippen LogP contribution in [-0.4, -0.2) is 32.1 Å². The van der Waals surface area contributed by atoms with Crippen LogP contribution >= 0.6 is 0 Å². The van der Waals surface area contributed by atoms with Crippen molar-refractivity contribution in [1.82, 2.24) is 10.2 Å². The third kappa shape index (κ3) is 1.75. The molecule has 17 heavy (non-hydrogen) atoms. The minimum atomic E-state index is 0.444. The molecule has 90 valence electrons. The highest BCUT2D eigenvalue weighted by Crippen LogP contribution is 2.35. The Morgan fingerprint density at radius 1 is 1.29 bits per heavy atom. The van der Waals surface area contributed by atoms with Gasteiger partial charge in [0.2, 0.25) is 0 Å². The molecule has 2 aromatic rings. The van der Waals surface area contributed by atoms with Crippen molar-refractivity contribution < 1.29 is 4.42 Å². The Bertz CT molecular complexity index is 514. The van der Waals surface area contributed by atoms with Gasteiger partial charge in [0.1, 0.15) is 5.58 Å². The molecule has 0 amide bonds. The van der Waals surface area contributed by atoms with Gasteiger partial charge in [0.25, 0.3) is 0 Å². The van der Waals surface area contributed by atoms with Crippen LogP contribution in [0.3, 0.4) is 0 Å². The van der Waals surface area contributed by atoms with E-state index in [1.807, 2.05) is 18.4 Å². The quantitative estimate of drug-likeness (QED) is 0.876. The lowest BCUT2D eigenvalue weighted by molar-refractivity contribution is 0.161. The molecule has 1 N–H and O–H groups in total. The average Bonchev–Trinajstić information content (AvgIpc) is 2.66. The second kappa shape index (κ2) is 4.17. The second-order valence-electron chi connectivity index (χ2n) is 5.01. The van der Waals surface area contributed by atoms with Gasteiger partial charge in [0.05, 0.1) is 6.26 Å². The number of fused-ring (bicyclic) bond motifs is 1. The first kappa shape index (κ1) is 10.8. The molecule has 0 aliphatic carbocycles. The van der Waals surface area contributed by atoms with Gasteiger partial charge in [-0.3, -0.25) is 0 Å². The molecule has 0 spiro atoms. The molecular formula is C14H18N2O. The molecule has 1 aromatic heterocycles. The Morgan fingerprint density at radius 3 is 2.71 bits per heavy atom. The molecular weight excluding hydrogens is 212 g/mol. The standard InChI is InChI=1S/C14H18N2O/c1-16(2)14(10-7-15-8-10)12-9-17-13-6-4-3-5-11(12)13/h3-6,9-10,14-15H,7-8H2,1-2H3. The van der Waals surface area contributed by atoms with Crippen LogP contribution in [0.4, 0.5) is 0 Å². The van der Waals surface area contributed by atoms with Crippen LogP contribution in [0.5, 0.6) is 0 Å². The molecule has 3 rings (SSSR count). The summed E-state index contributed by atoms with van der Waals surface area (Å²) in [5.41, 5.74) is 2.30. The lowest BCUT2D eigenvalue weighted by Crippen LogP contribution is -2.48. The van der Waals surface area contributed by atoms with E-state index in [1.54, 1.807) is 0 Å². The Balaban J connectivity index is 2.05. The first-order valence-corrected chi connectivity index (χ1v) is 6.10. The van der Waals surface area contributed by atoms with E-state index in [-0.39, 0.29) is 0 Å². The van der Waals surface area contributed by atoms with Gasteiger partial charge in [-0.15, -0.1) is 0 Å². The maximum atomic E-state index is 5.65. The summed E-state index contributed by atoms with van der Waals surface area (Å²) in [7, 11) is 4.29. The van der Waals surface area contributed by atoms with Gasteiger partial charge in [-0.05, 0) is 20.2 Å². The Labute approximate surface area is 101 Å². The van der Waals surface area contributed by atoms with Crippen molar-refractivity contribution >= 4 is 11.0 Å². The minimum Gasteiger partial charge on any atom is -0.464 e. The number of furan rings is 1. The summed E-state index contributed by atoms with van der Waals surface area (Å²) < 4.78 is 5.65. The van der Waals surface area contributed by atoms with Crippen molar-refractivity contribution in [3.05, 3.63) is 36.1 Å². The van der Waals surface area contributed by atoms with Crippen molar-refractivity contribution in [3.8, 4) is 0 Å². The molecule has 0 bridgehead atoms. The number of hydrogen-bond acceptors (Lipinski definition) is 3. The normalized spacial score (nSPS) is 18.5. The SMILES string of the molecule is CN(C)C(c1coc2ccccc12)C1CNC1. The van der Waals surface area contributed by atoms with Crippen LogP contribution in [0.25, 0.3) is 11.0 Å². The number of rotatable bonds is 3. The summed E-state index contributed by atoms with van der Waals surface area (Å²) in [5, 5.41) is 4.60. The van der Waals surface area contributed by atoms with E-state index in [1.165, 1.54) is 10.9 Å². The van der Waals surface area contributed by atoms with E-state index in [4.69, 9.17) is 4.42 Å². The summed E-state index contributed by atoms with van der Waals surface area (Å²) in [4.78, 5) is 2.29. The summed E-state index contributed by atoms with van der Waals surface area (Å²) in [6, 6.07) is 8.72. The van der Waals surface area contributed by atoms with Crippen LogP contribution in [0.2, 0.25) is 0 Å². The van der Waals surface area contributed by atoms with Crippen molar-refractivity contribution in [2.45, 2.75) is 6.04 Å². The molecule has 0 saturated carbocycles. The van der Waals surface area contributed by atoms with Gasteiger partial charge < -0.3 is 14.6 Å². The number of nitrogens with zero attached hydrogens (tertiary/aromatic N) is 1. The highest BCUT2D eigenvalue weighted by atomic mass is 16.3. The monoisotopic (exact) mass is 230 g/mol. The van der Waals surface area contributed by atoms with Gasteiger partial charge in [-0.1, -0.05) is 18.2 Å². The fourth-order valence-corrected chi connectivity index (χ4v) is 2.72. The zero-order chi connectivity index (χ0) is 11.8. The maximum Gasteiger partial charge on any atom is 0.134 e. The van der Waals surface area contributed by atoms with Crippen LogP contribution < -0.4 is 5.32 Å². The molecule has 2 heterocycles. The van der Waals surface area contributed by atoms with Crippen molar-refractivity contribution in [2.75, 3.05) is 27.2 Å². The molecule has 1 aliphatic heterocycles. The maximum absolute atomic E-state index is 5.65. The van der Waals surface area contributed by atoms with Crippen molar-refractivity contribution in [1.29, 1.82) is 0 Å². The highest BCUT2D eigenvalue weighted by molar-refractivity contribution is 5.81. The first-order valence-electron chi connectivity index (χ1n) is 6.10. The molecule has 1 atom stereocenters. The molecule has 3 nitrogen and oxygen atoms in total. The lowest BCUT2D eigenvalue weighted by Gasteiger charge is -2.38. The van der Waals surface area contributed by atoms with E-state index in [0.29, 0.717) is 12.0 Å². The topological polar surface area (TPSA) is 28.4 Å². The van der Waals surface area contributed by atoms with E-state index in [9.17, 15) is 0 Å². The molecule has 1 aromatic carbocycles. The van der Waals surface area contributed by atoms with E-state index in [2.05, 4.69) is 36.4 Å². The van der Waals surface area contributed by atoms with E-state index in [0.717, 1.165) is 18.7 Å². The van der Waals surface area contributed by atoms with E-state index >= 15 is 0 Å². The highest BCUT2D eigenvalue weighted by Gasteiger charge is 2.31. The van der Waals surface area contributed by atoms with Crippen molar-refractivity contribution in [2.24, 2.45) is 5.92 Å². The van der Waals surface area contributed by atoms with Gasteiger partial charge >= 0.3 is 0 Å². The Kier molecular flexibility index (Phi) is 2.65. The fourth-order valence-electron chi connectivity index (χ4n) is 2.72. The van der Waals surface area contributed by atoms with Crippen molar-refractivity contribution in [3.63, 3.8) is 0 Å². The fraction of sp³-hybridized carbons (Fsp3) is 0.429. The largest absolute Gasteiger partial charge is 0.464 e. The molecule has 1 saturated heterocycles. The zero-order valence-corrected chi connectivity index (χ0v) is 10.3. The van der Waals surface area contributed by atoms with Crippen LogP contribution in [-0.2, 0) is 0 Å². The van der Waals surface area contributed by atoms with Crippen LogP contribution in [0.15, 0.2) is 34.9 Å². The molecule has 1 aliphatic rings. The molecule has 1 fully saturated rings. The summed E-state index contributed by atoms with van der Waals surface area (Å²) in [6.45, 7) is 2.20. The zero-order valence-electron chi connectivity index (χ0n) is 10.3. The Hall–Kier alpha value is -1.32. The predicted octanol–water partition coefficient (Wildman–Crippen LogP) is 2.25. The first-order chi connectivity index (χ1) is 8.27. The third-order valence-corrected chi connectivity index (χ3v) is 3.65. The van der Waals surface area contributed by atoms with Crippen LogP contribution in [0, 0.1) is 5.92 Å². The number of benzene rings is 1. The van der Waals surface area contributed by atoms with Gasteiger partial charge in [-0.2, -0.15) is 0 Å². The van der Waals surface area contributed by atoms with Gasteiger partial charge in [-0.25, -0.2) is 0 Å². The number of hydrogen-bond donors (Lipinski definition) is 1. The summed E-state index contributed by atoms with van der Waals surface area (Å²) in [6.07, 6.45) is 1.92. The second-order valence-corrected chi connectivity index (χ2v) is 5.01. The Morgan fingerprint density at radius 2 is 2.06 bits per heavy atom. The number of para-hydroxylation sites is 1. The smallest absolute Gasteiger partial charge is 0.134 e. The summed E-state index contributed by atoms with van der Waals surface area (Å²) in [5.74, 6) is 0.686. The molecule has 3 heteroatoms. The lowest BCUT2D eigenvalue weighted by atomic mass is 9.87. The third-order valence-electron chi connectivity index (χ3n) is 3.65. The van der Waals surface area contributed by atoms with Gasteiger partial charge in [0.15, 0.2) is 0 Å². The number of nitrogens with one attached hydrogen (secondary N) is 1. The molecule has 0 radical (unpaired) electrons. The van der Waals surface area contributed by atoms with Gasteiger partial charge in [0, 0.05) is 36.0 Å². The van der Waals surface area contributed by atoms with Crippen LogP contribution in [0.1, 0.15) is 11.6 Å². The summed E-state index contributed by atoms with van der Waals surface area (Å²) >= 11 is 0. The molecule has 1 unspecified atom stereocenters. The van der Waals surface area contributed by atoms with E-state index < -0.39 is 0 Å². The predicted molar refractivity (Wildman–Crippen MR) is 69.0 cm³/mol.